The number of aromatic nitrogens is 2. The fourth-order valence-corrected chi connectivity index (χ4v) is 4.54. The van der Waals surface area contributed by atoms with Crippen molar-refractivity contribution in [3.8, 4) is 0 Å². The molecule has 2 aliphatic rings. The SMILES string of the molecule is Cc1noc(C[C@@H]2C[C@H]3CN(Cc4sccc4C)C[C@H]3O2)n1.O=C(O)C(F)(F)F. The molecule has 160 valence electrons. The van der Waals surface area contributed by atoms with Crippen LogP contribution in [0.4, 0.5) is 13.2 Å². The molecular formula is C18H22F3N3O4S. The number of thiophene rings is 1. The van der Waals surface area contributed by atoms with Gasteiger partial charge in [-0.15, -0.1) is 11.3 Å². The van der Waals surface area contributed by atoms with Gasteiger partial charge < -0.3 is 14.4 Å². The normalized spacial score (nSPS) is 24.2. The van der Waals surface area contributed by atoms with Crippen LogP contribution >= 0.6 is 11.3 Å². The number of carboxylic acids is 1. The second kappa shape index (κ2) is 8.80. The molecule has 3 atom stereocenters. The van der Waals surface area contributed by atoms with Crippen molar-refractivity contribution in [2.45, 2.75) is 51.6 Å². The lowest BCUT2D eigenvalue weighted by atomic mass is 10.0. The standard InChI is InChI=1S/C16H21N3O2S.C2HF3O2/c1-10-3-4-22-15(10)9-19-7-12-5-13(20-14(12)8-19)6-16-17-11(2)18-21-16;3-2(4,5)1(6)7/h3-4,12-14H,5-9H2,1-2H3;(H,6,7)/t12-,13-,14+;/m0./s1. The number of hydrogen-bond acceptors (Lipinski definition) is 7. The molecule has 4 rings (SSSR count). The van der Waals surface area contributed by atoms with Crippen molar-refractivity contribution in [3.05, 3.63) is 33.6 Å². The highest BCUT2D eigenvalue weighted by atomic mass is 32.1. The van der Waals surface area contributed by atoms with Crippen LogP contribution in [0.5, 0.6) is 0 Å². The average molecular weight is 433 g/mol. The predicted molar refractivity (Wildman–Crippen MR) is 97.5 cm³/mol. The van der Waals surface area contributed by atoms with Gasteiger partial charge in [-0.1, -0.05) is 5.16 Å². The maximum atomic E-state index is 10.6. The zero-order valence-electron chi connectivity index (χ0n) is 16.0. The Morgan fingerprint density at radius 2 is 2.10 bits per heavy atom. The first-order chi connectivity index (χ1) is 13.6. The zero-order valence-corrected chi connectivity index (χ0v) is 16.8. The van der Waals surface area contributed by atoms with Crippen LogP contribution in [-0.2, 0) is 22.5 Å². The summed E-state index contributed by atoms with van der Waals surface area (Å²) in [6.07, 6.45) is -2.63. The number of aliphatic carboxylic acids is 1. The summed E-state index contributed by atoms with van der Waals surface area (Å²) >= 11 is 1.86. The minimum atomic E-state index is -5.08. The van der Waals surface area contributed by atoms with Crippen molar-refractivity contribution in [2.75, 3.05) is 13.1 Å². The first kappa shape index (κ1) is 21.7. The number of aryl methyl sites for hydroxylation is 2. The molecule has 2 saturated heterocycles. The molecular weight excluding hydrogens is 411 g/mol. The van der Waals surface area contributed by atoms with Crippen LogP contribution in [0.25, 0.3) is 0 Å². The fourth-order valence-electron chi connectivity index (χ4n) is 3.60. The highest BCUT2D eigenvalue weighted by Gasteiger charge is 2.42. The van der Waals surface area contributed by atoms with Crippen molar-refractivity contribution < 1.29 is 32.3 Å². The smallest absolute Gasteiger partial charge is 0.475 e. The lowest BCUT2D eigenvalue weighted by Crippen LogP contribution is -2.25. The maximum Gasteiger partial charge on any atom is 0.490 e. The zero-order chi connectivity index (χ0) is 21.2. The van der Waals surface area contributed by atoms with E-state index in [2.05, 4.69) is 33.4 Å². The van der Waals surface area contributed by atoms with Crippen LogP contribution in [0.3, 0.4) is 0 Å². The van der Waals surface area contributed by atoms with Crippen LogP contribution in [0.1, 0.15) is 28.6 Å². The maximum absolute atomic E-state index is 10.6. The van der Waals surface area contributed by atoms with E-state index in [-0.39, 0.29) is 6.10 Å². The molecule has 0 unspecified atom stereocenters. The molecule has 0 bridgehead atoms. The van der Waals surface area contributed by atoms with Gasteiger partial charge in [0.05, 0.1) is 18.6 Å². The largest absolute Gasteiger partial charge is 0.490 e. The molecule has 11 heteroatoms. The third kappa shape index (κ3) is 5.77. The first-order valence-electron chi connectivity index (χ1n) is 9.12. The molecule has 2 fully saturated rings. The number of hydrogen-bond donors (Lipinski definition) is 1. The second-order valence-electron chi connectivity index (χ2n) is 7.26. The molecule has 1 N–H and O–H groups in total. The molecule has 0 aromatic carbocycles. The van der Waals surface area contributed by atoms with E-state index >= 15 is 0 Å². The molecule has 0 saturated carbocycles. The third-order valence-electron chi connectivity index (χ3n) is 4.94. The number of halogens is 3. The number of carbonyl (C=O) groups is 1. The molecule has 0 aliphatic carbocycles. The van der Waals surface area contributed by atoms with Gasteiger partial charge in [0.25, 0.3) is 0 Å². The topological polar surface area (TPSA) is 88.7 Å². The summed E-state index contributed by atoms with van der Waals surface area (Å²) in [6.45, 7) is 7.29. The lowest BCUT2D eigenvalue weighted by Gasteiger charge is -2.18. The molecule has 0 radical (unpaired) electrons. The molecule has 7 nitrogen and oxygen atoms in total. The number of fused-ring (bicyclic) bond motifs is 1. The van der Waals surface area contributed by atoms with Gasteiger partial charge in [0, 0.05) is 30.4 Å². The van der Waals surface area contributed by atoms with Crippen molar-refractivity contribution >= 4 is 17.3 Å². The third-order valence-corrected chi connectivity index (χ3v) is 5.95. The van der Waals surface area contributed by atoms with E-state index < -0.39 is 12.1 Å². The Morgan fingerprint density at radius 3 is 2.62 bits per heavy atom. The molecule has 2 aromatic heterocycles. The van der Waals surface area contributed by atoms with Gasteiger partial charge in [-0.3, -0.25) is 4.90 Å². The molecule has 4 heterocycles. The number of rotatable bonds is 4. The van der Waals surface area contributed by atoms with Crippen molar-refractivity contribution in [3.63, 3.8) is 0 Å². The molecule has 29 heavy (non-hydrogen) atoms. The summed E-state index contributed by atoms with van der Waals surface area (Å²) in [5, 5.41) is 13.2. The van der Waals surface area contributed by atoms with E-state index in [0.717, 1.165) is 32.5 Å². The van der Waals surface area contributed by atoms with Crippen LogP contribution in [-0.4, -0.2) is 57.6 Å². The van der Waals surface area contributed by atoms with E-state index in [4.69, 9.17) is 19.2 Å². The predicted octanol–water partition coefficient (Wildman–Crippen LogP) is 3.21. The van der Waals surface area contributed by atoms with Crippen LogP contribution in [0.2, 0.25) is 0 Å². The fraction of sp³-hybridized carbons (Fsp3) is 0.611. The molecule has 2 aromatic rings. The van der Waals surface area contributed by atoms with Crippen LogP contribution < -0.4 is 0 Å². The van der Waals surface area contributed by atoms with E-state index in [1.165, 1.54) is 10.4 Å². The quantitative estimate of drug-likeness (QED) is 0.792. The Hall–Kier alpha value is -1.98. The summed E-state index contributed by atoms with van der Waals surface area (Å²) in [5.41, 5.74) is 1.41. The monoisotopic (exact) mass is 433 g/mol. The number of ether oxygens (including phenoxy) is 1. The molecule has 0 amide bonds. The Kier molecular flexibility index (Phi) is 6.59. The summed E-state index contributed by atoms with van der Waals surface area (Å²) in [5.74, 6) is -0.707. The minimum absolute atomic E-state index is 0.237. The van der Waals surface area contributed by atoms with E-state index in [0.29, 0.717) is 23.7 Å². The van der Waals surface area contributed by atoms with Crippen molar-refractivity contribution in [2.24, 2.45) is 5.92 Å². The van der Waals surface area contributed by atoms with Crippen LogP contribution in [0, 0.1) is 19.8 Å². The Bertz CT molecular complexity index is 824. The first-order valence-corrected chi connectivity index (χ1v) is 10.00. The van der Waals surface area contributed by atoms with Gasteiger partial charge in [0.1, 0.15) is 0 Å². The van der Waals surface area contributed by atoms with E-state index in [1.54, 1.807) is 0 Å². The van der Waals surface area contributed by atoms with E-state index in [9.17, 15) is 13.2 Å². The summed E-state index contributed by atoms with van der Waals surface area (Å²) in [7, 11) is 0. The minimum Gasteiger partial charge on any atom is -0.475 e. The summed E-state index contributed by atoms with van der Waals surface area (Å²) < 4.78 is 43.2. The molecule has 0 spiro atoms. The van der Waals surface area contributed by atoms with E-state index in [1.807, 2.05) is 18.3 Å². The number of alkyl halides is 3. The Labute approximate surface area is 169 Å². The van der Waals surface area contributed by atoms with Crippen LogP contribution in [0.15, 0.2) is 16.0 Å². The summed E-state index contributed by atoms with van der Waals surface area (Å²) in [6, 6.07) is 2.20. The van der Waals surface area contributed by atoms with Gasteiger partial charge >= 0.3 is 12.1 Å². The lowest BCUT2D eigenvalue weighted by molar-refractivity contribution is -0.192. The van der Waals surface area contributed by atoms with Crippen molar-refractivity contribution in [1.29, 1.82) is 0 Å². The van der Waals surface area contributed by atoms with Gasteiger partial charge in [0.15, 0.2) is 5.82 Å². The molecule has 2 aliphatic heterocycles. The summed E-state index contributed by atoms with van der Waals surface area (Å²) in [4.78, 5) is 17.2. The Morgan fingerprint density at radius 1 is 1.38 bits per heavy atom. The second-order valence-corrected chi connectivity index (χ2v) is 8.26. The number of nitrogens with zero attached hydrogens (tertiary/aromatic N) is 3. The number of likely N-dealkylation sites (tertiary alicyclic amines) is 1. The average Bonchev–Trinajstić information content (AvgIpc) is 3.35. The van der Waals surface area contributed by atoms with Crippen molar-refractivity contribution in [1.82, 2.24) is 15.0 Å². The number of carboxylic acid groups (broad SMARTS) is 1. The van der Waals surface area contributed by atoms with Gasteiger partial charge in [-0.25, -0.2) is 4.79 Å². The van der Waals surface area contributed by atoms with Gasteiger partial charge in [-0.2, -0.15) is 18.2 Å². The van der Waals surface area contributed by atoms with Gasteiger partial charge in [-0.05, 0) is 37.3 Å². The van der Waals surface area contributed by atoms with Gasteiger partial charge in [0.2, 0.25) is 5.89 Å². The highest BCUT2D eigenvalue weighted by Crippen LogP contribution is 2.35. The highest BCUT2D eigenvalue weighted by molar-refractivity contribution is 7.10. The Balaban J connectivity index is 0.000000298.